The minimum Gasteiger partial charge on any atom is -0.468 e. The zero-order valence-corrected chi connectivity index (χ0v) is 9.05. The third kappa shape index (κ3) is 2.20. The van der Waals surface area contributed by atoms with Gasteiger partial charge in [0, 0.05) is 0 Å². The molecule has 1 heterocycles. The lowest BCUT2D eigenvalue weighted by atomic mass is 9.96. The molecular weight excluding hydrogens is 204 g/mol. The van der Waals surface area contributed by atoms with Crippen molar-refractivity contribution in [1.29, 1.82) is 0 Å². The highest BCUT2D eigenvalue weighted by Crippen LogP contribution is 2.23. The number of ether oxygens (including phenoxy) is 1. The van der Waals surface area contributed by atoms with E-state index in [1.807, 2.05) is 13.8 Å². The highest BCUT2D eigenvalue weighted by Gasteiger charge is 2.29. The van der Waals surface area contributed by atoms with Crippen LogP contribution >= 0.6 is 12.2 Å². The van der Waals surface area contributed by atoms with E-state index in [1.165, 1.54) is 7.11 Å². The first-order valence-electron chi connectivity index (χ1n) is 4.19. The molecule has 0 aliphatic rings. The number of esters is 1. The molecule has 1 N–H and O–H groups in total. The molecule has 0 fully saturated rings. The van der Waals surface area contributed by atoms with E-state index >= 15 is 0 Å². The van der Waals surface area contributed by atoms with Gasteiger partial charge in [0.05, 0.1) is 7.11 Å². The lowest BCUT2D eigenvalue weighted by Gasteiger charge is -2.13. The average molecular weight is 216 g/mol. The molecule has 1 unspecified atom stereocenters. The molecule has 1 atom stereocenters. The number of aromatic amines is 1. The molecule has 0 spiro atoms. The van der Waals surface area contributed by atoms with Crippen LogP contribution < -0.4 is 0 Å². The maximum absolute atomic E-state index is 11.4. The maximum atomic E-state index is 11.4. The Balaban J connectivity index is 3.00. The Kier molecular flexibility index (Phi) is 3.40. The van der Waals surface area contributed by atoms with Gasteiger partial charge in [-0.05, 0) is 18.1 Å². The van der Waals surface area contributed by atoms with Crippen LogP contribution in [-0.2, 0) is 9.53 Å². The molecule has 1 aromatic heterocycles. The monoisotopic (exact) mass is 216 g/mol. The van der Waals surface area contributed by atoms with Crippen LogP contribution in [0.25, 0.3) is 0 Å². The van der Waals surface area contributed by atoms with Gasteiger partial charge in [-0.25, -0.2) is 5.10 Å². The number of aromatic nitrogens is 2. The predicted molar refractivity (Wildman–Crippen MR) is 51.3 cm³/mol. The summed E-state index contributed by atoms with van der Waals surface area (Å²) in [6.07, 6.45) is 0. The molecule has 6 heteroatoms. The molecule has 78 valence electrons. The first-order chi connectivity index (χ1) is 6.56. The number of methoxy groups -OCH3 is 1. The van der Waals surface area contributed by atoms with Gasteiger partial charge in [0.2, 0.25) is 5.89 Å². The lowest BCUT2D eigenvalue weighted by molar-refractivity contribution is -0.144. The smallest absolute Gasteiger partial charge is 0.318 e. The number of carbonyl (C=O) groups excluding carboxylic acids is 1. The van der Waals surface area contributed by atoms with Crippen molar-refractivity contribution in [3.63, 3.8) is 0 Å². The van der Waals surface area contributed by atoms with E-state index in [1.54, 1.807) is 0 Å². The average Bonchev–Trinajstić information content (AvgIpc) is 2.51. The predicted octanol–water partition coefficient (Wildman–Crippen LogP) is 1.64. The molecule has 0 bridgehead atoms. The van der Waals surface area contributed by atoms with Crippen molar-refractivity contribution in [2.45, 2.75) is 19.8 Å². The number of carbonyl (C=O) groups is 1. The zero-order chi connectivity index (χ0) is 10.7. The largest absolute Gasteiger partial charge is 0.468 e. The van der Waals surface area contributed by atoms with Crippen molar-refractivity contribution in [2.75, 3.05) is 7.11 Å². The Bertz CT molecular complexity index is 369. The first-order valence-corrected chi connectivity index (χ1v) is 4.60. The van der Waals surface area contributed by atoms with Gasteiger partial charge in [-0.2, -0.15) is 0 Å². The molecule has 0 aliphatic carbocycles. The fourth-order valence-electron chi connectivity index (χ4n) is 1.16. The molecule has 1 aromatic rings. The number of H-pyrrole nitrogens is 1. The SMILES string of the molecule is COC(=O)C(c1n[nH]c(=S)o1)C(C)C. The highest BCUT2D eigenvalue weighted by molar-refractivity contribution is 7.71. The highest BCUT2D eigenvalue weighted by atomic mass is 32.1. The molecule has 0 aliphatic heterocycles. The molecule has 1 rings (SSSR count). The van der Waals surface area contributed by atoms with Gasteiger partial charge in [0.15, 0.2) is 0 Å². The molecule has 0 saturated carbocycles. The summed E-state index contributed by atoms with van der Waals surface area (Å²) in [6, 6.07) is 0. The Morgan fingerprint density at radius 3 is 2.64 bits per heavy atom. The van der Waals surface area contributed by atoms with Crippen molar-refractivity contribution in [2.24, 2.45) is 5.92 Å². The van der Waals surface area contributed by atoms with Gasteiger partial charge in [-0.15, -0.1) is 5.10 Å². The Morgan fingerprint density at radius 1 is 1.64 bits per heavy atom. The third-order valence-electron chi connectivity index (χ3n) is 1.84. The summed E-state index contributed by atoms with van der Waals surface area (Å²) < 4.78 is 9.73. The number of nitrogens with zero attached hydrogens (tertiary/aromatic N) is 1. The molecule has 0 aromatic carbocycles. The number of nitrogens with one attached hydrogen (secondary N) is 1. The van der Waals surface area contributed by atoms with Crippen molar-refractivity contribution < 1.29 is 13.9 Å². The zero-order valence-electron chi connectivity index (χ0n) is 8.23. The molecule has 14 heavy (non-hydrogen) atoms. The minimum atomic E-state index is -0.507. The van der Waals surface area contributed by atoms with E-state index in [9.17, 15) is 4.79 Å². The van der Waals surface area contributed by atoms with Crippen LogP contribution in [0.15, 0.2) is 4.42 Å². The van der Waals surface area contributed by atoms with Crippen LogP contribution in [0.1, 0.15) is 25.7 Å². The number of hydrogen-bond acceptors (Lipinski definition) is 5. The van der Waals surface area contributed by atoms with Crippen LogP contribution in [0.2, 0.25) is 0 Å². The van der Waals surface area contributed by atoms with Crippen LogP contribution in [0.4, 0.5) is 0 Å². The molecule has 5 nitrogen and oxygen atoms in total. The van der Waals surface area contributed by atoms with Gasteiger partial charge in [0.1, 0.15) is 5.92 Å². The van der Waals surface area contributed by atoms with E-state index in [0.29, 0.717) is 0 Å². The van der Waals surface area contributed by atoms with Crippen molar-refractivity contribution in [3.05, 3.63) is 10.7 Å². The van der Waals surface area contributed by atoms with Gasteiger partial charge in [-0.3, -0.25) is 4.79 Å². The van der Waals surface area contributed by atoms with E-state index in [4.69, 9.17) is 16.6 Å². The maximum Gasteiger partial charge on any atom is 0.318 e. The normalized spacial score (nSPS) is 12.9. The lowest BCUT2D eigenvalue weighted by Crippen LogP contribution is -2.19. The van der Waals surface area contributed by atoms with Gasteiger partial charge in [-0.1, -0.05) is 13.8 Å². The summed E-state index contributed by atoms with van der Waals surface area (Å²) in [7, 11) is 1.33. The van der Waals surface area contributed by atoms with Gasteiger partial charge < -0.3 is 9.15 Å². The number of hydrogen-bond donors (Lipinski definition) is 1. The summed E-state index contributed by atoms with van der Waals surface area (Å²) in [5.41, 5.74) is 0. The summed E-state index contributed by atoms with van der Waals surface area (Å²) in [4.78, 5) is 11.6. The Hall–Kier alpha value is -1.17. The summed E-state index contributed by atoms with van der Waals surface area (Å²) in [5.74, 6) is -0.557. The van der Waals surface area contributed by atoms with Gasteiger partial charge in [0.25, 0.3) is 4.84 Å². The number of rotatable bonds is 3. The quantitative estimate of drug-likeness (QED) is 0.614. The van der Waals surface area contributed by atoms with Crippen LogP contribution in [-0.4, -0.2) is 23.3 Å². The first kappa shape index (κ1) is 10.9. The van der Waals surface area contributed by atoms with Gasteiger partial charge >= 0.3 is 5.97 Å². The second kappa shape index (κ2) is 4.36. The van der Waals surface area contributed by atoms with Crippen LogP contribution in [0, 0.1) is 10.8 Å². The van der Waals surface area contributed by atoms with Crippen LogP contribution in [0.5, 0.6) is 0 Å². The summed E-state index contributed by atoms with van der Waals surface area (Å²) >= 11 is 4.72. The second-order valence-electron chi connectivity index (χ2n) is 3.20. The Labute approximate surface area is 86.5 Å². The minimum absolute atomic E-state index is 0.0453. The van der Waals surface area contributed by atoms with Crippen molar-refractivity contribution in [1.82, 2.24) is 10.2 Å². The van der Waals surface area contributed by atoms with Crippen molar-refractivity contribution >= 4 is 18.2 Å². The van der Waals surface area contributed by atoms with Crippen molar-refractivity contribution in [3.8, 4) is 0 Å². The van der Waals surface area contributed by atoms with E-state index in [0.717, 1.165) is 0 Å². The molecule has 0 amide bonds. The molecule has 0 radical (unpaired) electrons. The molecule has 0 saturated heterocycles. The van der Waals surface area contributed by atoms with Crippen LogP contribution in [0.3, 0.4) is 0 Å². The van der Waals surface area contributed by atoms with E-state index in [-0.39, 0.29) is 22.6 Å². The fraction of sp³-hybridized carbons (Fsp3) is 0.625. The summed E-state index contributed by atoms with van der Waals surface area (Å²) in [6.45, 7) is 3.77. The standard InChI is InChI=1S/C8H12N2O3S/c1-4(2)5(7(11)12-3)6-9-10-8(14)13-6/h4-5H,1-3H3,(H,10,14). The van der Waals surface area contributed by atoms with E-state index in [2.05, 4.69) is 14.9 Å². The molecular formula is C8H12N2O3S. The third-order valence-corrected chi connectivity index (χ3v) is 2.02. The second-order valence-corrected chi connectivity index (χ2v) is 3.57. The topological polar surface area (TPSA) is 68.1 Å². The fourth-order valence-corrected chi connectivity index (χ4v) is 1.29. The van der Waals surface area contributed by atoms with E-state index < -0.39 is 5.92 Å². The Morgan fingerprint density at radius 2 is 2.29 bits per heavy atom. The summed E-state index contributed by atoms with van der Waals surface area (Å²) in [5, 5.41) is 6.28.